The summed E-state index contributed by atoms with van der Waals surface area (Å²) in [6.07, 6.45) is 1.02. The molecule has 3 rings (SSSR count). The van der Waals surface area contributed by atoms with Gasteiger partial charge in [0.2, 0.25) is 0 Å². The molecule has 0 saturated heterocycles. The van der Waals surface area contributed by atoms with Crippen molar-refractivity contribution in [2.24, 2.45) is 14.1 Å². The van der Waals surface area contributed by atoms with Gasteiger partial charge in [-0.15, -0.1) is 0 Å². The van der Waals surface area contributed by atoms with Crippen molar-refractivity contribution >= 4 is 10.0 Å². The molecule has 7 nitrogen and oxygen atoms in total. The maximum Gasteiger partial charge on any atom is 0.330 e. The Bertz CT molecular complexity index is 1250. The molecular weight excluding hydrogens is 397 g/mol. The Balaban J connectivity index is 2.20. The van der Waals surface area contributed by atoms with Gasteiger partial charge in [-0.25, -0.2) is 17.6 Å². The highest BCUT2D eigenvalue weighted by Gasteiger charge is 2.33. The summed E-state index contributed by atoms with van der Waals surface area (Å²) in [5.74, 6) is -0.446. The smallest absolute Gasteiger partial charge is 0.302 e. The summed E-state index contributed by atoms with van der Waals surface area (Å²) in [4.78, 5) is 23.9. The average Bonchev–Trinajstić information content (AvgIpc) is 2.71. The predicted octanol–water partition coefficient (Wildman–Crippen LogP) is 1.63. The van der Waals surface area contributed by atoms with E-state index < -0.39 is 38.0 Å². The molecular formula is C20H20FN3O4S. The maximum absolute atomic E-state index is 13.4. The first-order valence-corrected chi connectivity index (χ1v) is 10.1. The fourth-order valence-corrected chi connectivity index (χ4v) is 4.62. The average molecular weight is 417 g/mol. The lowest BCUT2D eigenvalue weighted by atomic mass is 9.99. The van der Waals surface area contributed by atoms with E-state index in [9.17, 15) is 22.4 Å². The van der Waals surface area contributed by atoms with Gasteiger partial charge in [0.05, 0.1) is 6.04 Å². The molecule has 0 radical (unpaired) electrons. The van der Waals surface area contributed by atoms with Gasteiger partial charge >= 0.3 is 5.69 Å². The van der Waals surface area contributed by atoms with E-state index in [1.54, 1.807) is 30.3 Å². The van der Waals surface area contributed by atoms with E-state index in [0.717, 1.165) is 19.6 Å². The molecule has 0 fully saturated rings. The summed E-state index contributed by atoms with van der Waals surface area (Å²) < 4.78 is 43.0. The van der Waals surface area contributed by atoms with E-state index in [1.807, 2.05) is 0 Å². The molecule has 0 aliphatic heterocycles. The molecule has 1 atom stereocenters. The highest BCUT2D eigenvalue weighted by Crippen LogP contribution is 2.31. The van der Waals surface area contributed by atoms with Crippen molar-refractivity contribution in [3.63, 3.8) is 0 Å². The zero-order valence-electron chi connectivity index (χ0n) is 16.1. The number of halogens is 1. The van der Waals surface area contributed by atoms with Crippen LogP contribution < -0.4 is 11.2 Å². The minimum atomic E-state index is -4.29. The molecule has 0 N–H and O–H groups in total. The number of rotatable bonds is 5. The van der Waals surface area contributed by atoms with E-state index in [0.29, 0.717) is 11.1 Å². The van der Waals surface area contributed by atoms with Gasteiger partial charge in [-0.3, -0.25) is 9.36 Å². The van der Waals surface area contributed by atoms with E-state index in [-0.39, 0.29) is 0 Å². The van der Waals surface area contributed by atoms with Crippen LogP contribution in [0.5, 0.6) is 0 Å². The molecule has 3 aromatic rings. The summed E-state index contributed by atoms with van der Waals surface area (Å²) in [5.41, 5.74) is -0.363. The lowest BCUT2D eigenvalue weighted by Gasteiger charge is -2.28. The van der Waals surface area contributed by atoms with Gasteiger partial charge < -0.3 is 4.57 Å². The van der Waals surface area contributed by atoms with Crippen molar-refractivity contribution in [1.29, 1.82) is 0 Å². The third kappa shape index (κ3) is 3.79. The van der Waals surface area contributed by atoms with E-state index >= 15 is 0 Å². The molecule has 0 bridgehead atoms. The van der Waals surface area contributed by atoms with Crippen LogP contribution in [0.2, 0.25) is 0 Å². The molecule has 1 aromatic heterocycles. The van der Waals surface area contributed by atoms with E-state index in [1.165, 1.54) is 45.4 Å². The molecule has 0 aliphatic carbocycles. The minimum absolute atomic E-state index is 0.446. The van der Waals surface area contributed by atoms with Gasteiger partial charge in [-0.1, -0.05) is 42.5 Å². The minimum Gasteiger partial charge on any atom is -0.302 e. The second-order valence-electron chi connectivity index (χ2n) is 6.64. The monoisotopic (exact) mass is 417 g/mol. The van der Waals surface area contributed by atoms with Crippen molar-refractivity contribution in [3.8, 4) is 0 Å². The van der Waals surface area contributed by atoms with Crippen LogP contribution in [0, 0.1) is 5.82 Å². The van der Waals surface area contributed by atoms with Crippen molar-refractivity contribution in [3.05, 3.63) is 98.6 Å². The number of benzene rings is 2. The normalized spacial score (nSPS) is 12.9. The topological polar surface area (TPSA) is 81.4 Å². The zero-order valence-corrected chi connectivity index (χ0v) is 16.9. The fourth-order valence-electron chi connectivity index (χ4n) is 3.14. The van der Waals surface area contributed by atoms with Gasteiger partial charge in [0.15, 0.2) is 4.90 Å². The van der Waals surface area contributed by atoms with Crippen LogP contribution in [0.4, 0.5) is 4.39 Å². The zero-order chi connectivity index (χ0) is 21.3. The number of sulfonamides is 1. The summed E-state index contributed by atoms with van der Waals surface area (Å²) in [5, 5.41) is 0. The molecule has 0 aliphatic rings. The lowest BCUT2D eigenvalue weighted by molar-refractivity contribution is 0.415. The number of hydrogen-bond acceptors (Lipinski definition) is 4. The Kier molecular flexibility index (Phi) is 5.54. The van der Waals surface area contributed by atoms with Gasteiger partial charge in [-0.2, -0.15) is 4.31 Å². The van der Waals surface area contributed by atoms with Crippen molar-refractivity contribution < 1.29 is 12.8 Å². The fraction of sp³-hybridized carbons (Fsp3) is 0.200. The molecule has 0 amide bonds. The van der Waals surface area contributed by atoms with Crippen molar-refractivity contribution in [2.75, 3.05) is 7.05 Å². The van der Waals surface area contributed by atoms with Crippen LogP contribution in [-0.2, 0) is 24.1 Å². The van der Waals surface area contributed by atoms with Crippen LogP contribution in [0.1, 0.15) is 17.2 Å². The second kappa shape index (κ2) is 7.76. The molecule has 9 heteroatoms. The third-order valence-electron chi connectivity index (χ3n) is 4.74. The molecule has 0 unspecified atom stereocenters. The van der Waals surface area contributed by atoms with Crippen LogP contribution in [-0.4, -0.2) is 28.9 Å². The highest BCUT2D eigenvalue weighted by atomic mass is 32.2. The van der Waals surface area contributed by atoms with Gasteiger partial charge in [0.1, 0.15) is 5.82 Å². The number of hydrogen-bond donors (Lipinski definition) is 0. The third-order valence-corrected chi connectivity index (χ3v) is 6.54. The Hall–Kier alpha value is -3.04. The molecule has 2 aromatic carbocycles. The number of aryl methyl sites for hydroxylation is 1. The Morgan fingerprint density at radius 2 is 1.48 bits per heavy atom. The van der Waals surface area contributed by atoms with Crippen LogP contribution >= 0.6 is 0 Å². The van der Waals surface area contributed by atoms with Crippen molar-refractivity contribution in [1.82, 2.24) is 13.4 Å². The molecule has 1 heterocycles. The van der Waals surface area contributed by atoms with Gasteiger partial charge in [0.25, 0.3) is 15.6 Å². The van der Waals surface area contributed by atoms with E-state index in [2.05, 4.69) is 0 Å². The maximum atomic E-state index is 13.4. The Morgan fingerprint density at radius 1 is 0.931 bits per heavy atom. The van der Waals surface area contributed by atoms with Crippen LogP contribution in [0.3, 0.4) is 0 Å². The van der Waals surface area contributed by atoms with Crippen LogP contribution in [0.15, 0.2) is 75.3 Å². The number of aromatic nitrogens is 2. The first-order chi connectivity index (χ1) is 13.6. The highest BCUT2D eigenvalue weighted by molar-refractivity contribution is 7.89. The summed E-state index contributed by atoms with van der Waals surface area (Å²) in [6, 6.07) is 13.5. The molecule has 0 spiro atoms. The Labute approximate surface area is 167 Å². The quantitative estimate of drug-likeness (QED) is 0.632. The first-order valence-electron chi connectivity index (χ1n) is 8.69. The van der Waals surface area contributed by atoms with Gasteiger partial charge in [0, 0.05) is 27.3 Å². The summed E-state index contributed by atoms with van der Waals surface area (Å²) in [6.45, 7) is 0. The summed E-state index contributed by atoms with van der Waals surface area (Å²) in [7, 11) is -0.351. The summed E-state index contributed by atoms with van der Waals surface area (Å²) >= 11 is 0. The molecule has 29 heavy (non-hydrogen) atoms. The molecule has 0 saturated carbocycles. The van der Waals surface area contributed by atoms with Crippen molar-refractivity contribution in [2.45, 2.75) is 10.9 Å². The lowest BCUT2D eigenvalue weighted by Crippen LogP contribution is -2.42. The second-order valence-corrected chi connectivity index (χ2v) is 8.60. The first kappa shape index (κ1) is 20.7. The number of nitrogens with zero attached hydrogens (tertiary/aromatic N) is 3. The molecule has 152 valence electrons. The standard InChI is InChI=1S/C20H20FN3O4S/c1-22-13-17(19(25)23(2)20(22)26)29(27,28)24(3)18(14-7-5-4-6-8-14)15-9-11-16(21)12-10-15/h4-13,18H,1-3H3/t18-/m0/s1. The Morgan fingerprint density at radius 3 is 2.07 bits per heavy atom. The predicted molar refractivity (Wildman–Crippen MR) is 107 cm³/mol. The SMILES string of the molecule is CN([C@@H](c1ccccc1)c1ccc(F)cc1)S(=O)(=O)c1cn(C)c(=O)n(C)c1=O. The van der Waals surface area contributed by atoms with E-state index in [4.69, 9.17) is 0 Å². The van der Waals surface area contributed by atoms with Gasteiger partial charge in [-0.05, 0) is 23.3 Å². The van der Waals surface area contributed by atoms with Crippen LogP contribution in [0.25, 0.3) is 0 Å². The largest absolute Gasteiger partial charge is 0.330 e.